The van der Waals surface area contributed by atoms with Gasteiger partial charge in [0, 0.05) is 23.9 Å². The van der Waals surface area contributed by atoms with Gasteiger partial charge in [0.15, 0.2) is 0 Å². The van der Waals surface area contributed by atoms with Crippen molar-refractivity contribution < 1.29 is 4.79 Å². The van der Waals surface area contributed by atoms with Gasteiger partial charge < -0.3 is 11.1 Å². The van der Waals surface area contributed by atoms with Crippen LogP contribution in [0.3, 0.4) is 0 Å². The fraction of sp³-hybridized carbons (Fsp3) is 0.647. The molecule has 1 saturated carbocycles. The molecule has 7 heteroatoms. The molecule has 130 valence electrons. The highest BCUT2D eigenvalue weighted by molar-refractivity contribution is 5.76. The van der Waals surface area contributed by atoms with E-state index in [0.29, 0.717) is 31.1 Å². The fourth-order valence-corrected chi connectivity index (χ4v) is 3.71. The van der Waals surface area contributed by atoms with Crippen LogP contribution >= 0.6 is 0 Å². The highest BCUT2D eigenvalue weighted by atomic mass is 16.1. The molecule has 0 bridgehead atoms. The van der Waals surface area contributed by atoms with Gasteiger partial charge >= 0.3 is 0 Å². The van der Waals surface area contributed by atoms with Gasteiger partial charge in [-0.2, -0.15) is 10.1 Å². The molecule has 1 aliphatic rings. The molecule has 2 unspecified atom stereocenters. The third-order valence-electron chi connectivity index (χ3n) is 5.15. The second-order valence-electron chi connectivity index (χ2n) is 6.69. The molecular formula is C17H26N6O. The number of amides is 1. The van der Waals surface area contributed by atoms with E-state index in [9.17, 15) is 4.79 Å². The summed E-state index contributed by atoms with van der Waals surface area (Å²) in [4.78, 5) is 21.0. The molecule has 0 saturated heterocycles. The van der Waals surface area contributed by atoms with Gasteiger partial charge in [-0.15, -0.1) is 0 Å². The van der Waals surface area contributed by atoms with Crippen molar-refractivity contribution in [2.24, 2.45) is 11.7 Å². The maximum Gasteiger partial charge on any atom is 0.252 e. The van der Waals surface area contributed by atoms with Crippen molar-refractivity contribution in [3.63, 3.8) is 0 Å². The van der Waals surface area contributed by atoms with Crippen molar-refractivity contribution >= 4 is 11.7 Å². The zero-order chi connectivity index (χ0) is 17.1. The predicted octanol–water partition coefficient (Wildman–Crippen LogP) is 1.31. The van der Waals surface area contributed by atoms with Crippen molar-refractivity contribution in [1.29, 1.82) is 0 Å². The second-order valence-corrected chi connectivity index (χ2v) is 6.69. The summed E-state index contributed by atoms with van der Waals surface area (Å²) in [6.07, 6.45) is 7.17. The number of nitrogens with two attached hydrogens (primary N) is 1. The number of nitrogens with one attached hydrogen (secondary N) is 1. The summed E-state index contributed by atoms with van der Waals surface area (Å²) in [6, 6.07) is 0.231. The first kappa shape index (κ1) is 16.8. The minimum atomic E-state index is 0.0952. The molecule has 2 aromatic heterocycles. The molecule has 2 heterocycles. The minimum absolute atomic E-state index is 0.0952. The van der Waals surface area contributed by atoms with E-state index in [1.54, 1.807) is 4.52 Å². The van der Waals surface area contributed by atoms with Crippen LogP contribution < -0.4 is 11.1 Å². The number of hydrogen-bond acceptors (Lipinski definition) is 5. The second kappa shape index (κ2) is 7.25. The Morgan fingerprint density at radius 3 is 2.96 bits per heavy atom. The Morgan fingerprint density at radius 2 is 2.17 bits per heavy atom. The molecule has 3 rings (SSSR count). The molecule has 2 atom stereocenters. The summed E-state index contributed by atoms with van der Waals surface area (Å²) in [7, 11) is 0. The lowest BCUT2D eigenvalue weighted by Crippen LogP contribution is -2.44. The van der Waals surface area contributed by atoms with E-state index in [2.05, 4.69) is 20.4 Å². The van der Waals surface area contributed by atoms with Gasteiger partial charge in [-0.05, 0) is 51.1 Å². The standard InChI is InChI=1S/C17H26N6O/c1-11-14(12(2)23-17(21-11)19-10-20-23)7-8-16(24)22-15-6-4-3-5-13(15)9-18/h10,13,15H,3-9,18H2,1-2H3,(H,22,24). The number of nitrogens with zero attached hydrogens (tertiary/aromatic N) is 4. The number of hydrogen-bond donors (Lipinski definition) is 2. The normalized spacial score (nSPS) is 21.1. The lowest BCUT2D eigenvalue weighted by atomic mass is 9.84. The molecule has 2 aromatic rings. The van der Waals surface area contributed by atoms with Gasteiger partial charge in [0.1, 0.15) is 6.33 Å². The SMILES string of the molecule is Cc1nc2ncnn2c(C)c1CCC(=O)NC1CCCCC1CN. The van der Waals surface area contributed by atoms with E-state index in [-0.39, 0.29) is 11.9 Å². The highest BCUT2D eigenvalue weighted by Crippen LogP contribution is 2.23. The molecule has 1 aliphatic carbocycles. The Hall–Kier alpha value is -2.02. The van der Waals surface area contributed by atoms with Gasteiger partial charge in [-0.25, -0.2) is 9.50 Å². The van der Waals surface area contributed by atoms with E-state index in [0.717, 1.165) is 29.8 Å². The van der Waals surface area contributed by atoms with Crippen LogP contribution in [-0.4, -0.2) is 38.1 Å². The quantitative estimate of drug-likeness (QED) is 0.861. The lowest BCUT2D eigenvalue weighted by Gasteiger charge is -2.31. The maximum atomic E-state index is 12.4. The van der Waals surface area contributed by atoms with Crippen molar-refractivity contribution in [3.05, 3.63) is 23.3 Å². The van der Waals surface area contributed by atoms with Gasteiger partial charge in [-0.1, -0.05) is 12.8 Å². The van der Waals surface area contributed by atoms with E-state index in [1.807, 2.05) is 13.8 Å². The van der Waals surface area contributed by atoms with E-state index < -0.39 is 0 Å². The largest absolute Gasteiger partial charge is 0.353 e. The Kier molecular flexibility index (Phi) is 5.08. The summed E-state index contributed by atoms with van der Waals surface area (Å²) in [5, 5.41) is 7.38. The van der Waals surface area contributed by atoms with Gasteiger partial charge in [-0.3, -0.25) is 4.79 Å². The van der Waals surface area contributed by atoms with E-state index >= 15 is 0 Å². The van der Waals surface area contributed by atoms with Gasteiger partial charge in [0.2, 0.25) is 5.91 Å². The maximum absolute atomic E-state index is 12.4. The monoisotopic (exact) mass is 330 g/mol. The first-order valence-corrected chi connectivity index (χ1v) is 8.75. The van der Waals surface area contributed by atoms with Crippen LogP contribution in [0, 0.1) is 19.8 Å². The van der Waals surface area contributed by atoms with E-state index in [4.69, 9.17) is 5.73 Å². The smallest absolute Gasteiger partial charge is 0.252 e. The average molecular weight is 330 g/mol. The Labute approximate surface area is 142 Å². The molecule has 7 nitrogen and oxygen atoms in total. The first-order valence-electron chi connectivity index (χ1n) is 8.75. The minimum Gasteiger partial charge on any atom is -0.353 e. The van der Waals surface area contributed by atoms with E-state index in [1.165, 1.54) is 19.2 Å². The van der Waals surface area contributed by atoms with Gasteiger partial charge in [0.25, 0.3) is 5.78 Å². The van der Waals surface area contributed by atoms with Crippen molar-refractivity contribution in [2.45, 2.75) is 58.4 Å². The summed E-state index contributed by atoms with van der Waals surface area (Å²) >= 11 is 0. The molecular weight excluding hydrogens is 304 g/mol. The zero-order valence-electron chi connectivity index (χ0n) is 14.5. The summed E-state index contributed by atoms with van der Waals surface area (Å²) < 4.78 is 1.73. The van der Waals surface area contributed by atoms with Crippen LogP contribution in [0.1, 0.15) is 49.1 Å². The van der Waals surface area contributed by atoms with Crippen molar-refractivity contribution in [2.75, 3.05) is 6.54 Å². The van der Waals surface area contributed by atoms with Crippen LogP contribution in [0.5, 0.6) is 0 Å². The van der Waals surface area contributed by atoms with Crippen molar-refractivity contribution in [1.82, 2.24) is 24.9 Å². The first-order chi connectivity index (χ1) is 11.6. The number of rotatable bonds is 5. The average Bonchev–Trinajstić information content (AvgIpc) is 3.03. The molecule has 0 spiro atoms. The topological polar surface area (TPSA) is 98.2 Å². The molecule has 0 aromatic carbocycles. The highest BCUT2D eigenvalue weighted by Gasteiger charge is 2.25. The molecule has 0 aliphatic heterocycles. The fourth-order valence-electron chi connectivity index (χ4n) is 3.71. The number of carbonyl (C=O) groups excluding carboxylic acids is 1. The molecule has 3 N–H and O–H groups in total. The van der Waals surface area contributed by atoms with Crippen LogP contribution in [0.25, 0.3) is 5.78 Å². The Bertz CT molecular complexity index is 725. The van der Waals surface area contributed by atoms with Crippen molar-refractivity contribution in [3.8, 4) is 0 Å². The third-order valence-corrected chi connectivity index (χ3v) is 5.15. The Morgan fingerprint density at radius 1 is 1.38 bits per heavy atom. The molecule has 0 radical (unpaired) electrons. The summed E-state index contributed by atoms with van der Waals surface area (Å²) in [6.45, 7) is 4.60. The molecule has 1 amide bonds. The Balaban J connectivity index is 1.64. The number of fused-ring (bicyclic) bond motifs is 1. The number of aromatic nitrogens is 4. The lowest BCUT2D eigenvalue weighted by molar-refractivity contribution is -0.122. The van der Waals surface area contributed by atoms with Crippen LogP contribution in [-0.2, 0) is 11.2 Å². The van der Waals surface area contributed by atoms with Gasteiger partial charge in [0.05, 0.1) is 0 Å². The summed E-state index contributed by atoms with van der Waals surface area (Å²) in [5.41, 5.74) is 8.83. The van der Waals surface area contributed by atoms with Crippen LogP contribution in [0.4, 0.5) is 0 Å². The third kappa shape index (κ3) is 3.40. The number of aryl methyl sites for hydroxylation is 2. The van der Waals surface area contributed by atoms with Crippen LogP contribution in [0.15, 0.2) is 6.33 Å². The molecule has 24 heavy (non-hydrogen) atoms. The number of carbonyl (C=O) groups is 1. The zero-order valence-corrected chi connectivity index (χ0v) is 14.5. The van der Waals surface area contributed by atoms with Crippen LogP contribution in [0.2, 0.25) is 0 Å². The molecule has 1 fully saturated rings. The predicted molar refractivity (Wildman–Crippen MR) is 91.5 cm³/mol. The summed E-state index contributed by atoms with van der Waals surface area (Å²) in [5.74, 6) is 1.11.